The van der Waals surface area contributed by atoms with E-state index in [1.807, 2.05) is 6.07 Å². The van der Waals surface area contributed by atoms with Crippen molar-refractivity contribution < 1.29 is 4.79 Å². The molecule has 0 saturated heterocycles. The van der Waals surface area contributed by atoms with E-state index in [2.05, 4.69) is 41.4 Å². The summed E-state index contributed by atoms with van der Waals surface area (Å²) in [6, 6.07) is 7.09. The molecule has 0 aliphatic carbocycles. The van der Waals surface area contributed by atoms with Crippen LogP contribution in [0.25, 0.3) is 11.4 Å². The van der Waals surface area contributed by atoms with Crippen LogP contribution in [0.5, 0.6) is 0 Å². The van der Waals surface area contributed by atoms with Crippen molar-refractivity contribution in [2.45, 2.75) is 0 Å². The molecule has 3 aromatic rings. The second-order valence-corrected chi connectivity index (χ2v) is 3.63. The summed E-state index contributed by atoms with van der Waals surface area (Å²) in [4.78, 5) is 11.8. The average Bonchev–Trinajstić information content (AvgIpc) is 3.13. The Bertz CT molecular complexity index is 675. The summed E-state index contributed by atoms with van der Waals surface area (Å²) in [5.41, 5.74) is 1.56. The van der Waals surface area contributed by atoms with Crippen LogP contribution in [0.15, 0.2) is 30.5 Å². The number of carbonyl (C=O) groups excluding carboxylic acids is 1. The highest BCUT2D eigenvalue weighted by Gasteiger charge is 2.10. The summed E-state index contributed by atoms with van der Waals surface area (Å²) in [6.07, 6.45) is 1.35. The van der Waals surface area contributed by atoms with Crippen molar-refractivity contribution in [1.29, 1.82) is 0 Å². The van der Waals surface area contributed by atoms with Gasteiger partial charge in [0, 0.05) is 11.3 Å². The Kier molecular flexibility index (Phi) is 2.69. The summed E-state index contributed by atoms with van der Waals surface area (Å²) in [5.74, 6) is 0.108. The molecule has 1 amide bonds. The maximum atomic E-state index is 11.8. The highest BCUT2D eigenvalue weighted by atomic mass is 16.2. The summed E-state index contributed by atoms with van der Waals surface area (Å²) in [7, 11) is 0. The number of benzene rings is 1. The molecule has 3 rings (SSSR count). The van der Waals surface area contributed by atoms with Crippen LogP contribution in [0.4, 0.5) is 5.69 Å². The number of carbonyl (C=O) groups is 1. The molecule has 19 heavy (non-hydrogen) atoms. The van der Waals surface area contributed by atoms with Gasteiger partial charge in [0.1, 0.15) is 0 Å². The molecule has 0 bridgehead atoms. The molecule has 2 aromatic heterocycles. The maximum absolute atomic E-state index is 11.8. The number of H-pyrrole nitrogens is 2. The van der Waals surface area contributed by atoms with Crippen LogP contribution in [-0.4, -0.2) is 41.9 Å². The SMILES string of the molecule is O=C(Nc1cccc(-c2nn[nH]n2)c1)c1cn[nH]n1. The third-order valence-electron chi connectivity index (χ3n) is 2.37. The molecule has 0 aliphatic heterocycles. The minimum absolute atomic E-state index is 0.213. The zero-order chi connectivity index (χ0) is 13.1. The number of hydrogen-bond acceptors (Lipinski definition) is 6. The smallest absolute Gasteiger partial charge is 0.277 e. The van der Waals surface area contributed by atoms with Gasteiger partial charge in [-0.05, 0) is 17.3 Å². The molecule has 0 unspecified atom stereocenters. The van der Waals surface area contributed by atoms with Gasteiger partial charge in [0.05, 0.1) is 6.20 Å². The summed E-state index contributed by atoms with van der Waals surface area (Å²) < 4.78 is 0. The fourth-order valence-electron chi connectivity index (χ4n) is 1.53. The highest BCUT2D eigenvalue weighted by molar-refractivity contribution is 6.02. The van der Waals surface area contributed by atoms with Gasteiger partial charge in [0.15, 0.2) is 5.69 Å². The van der Waals surface area contributed by atoms with Crippen molar-refractivity contribution in [3.8, 4) is 11.4 Å². The summed E-state index contributed by atoms with van der Waals surface area (Å²) in [6.45, 7) is 0. The Morgan fingerprint density at radius 1 is 1.21 bits per heavy atom. The number of aromatic amines is 2. The van der Waals surface area contributed by atoms with Gasteiger partial charge in [-0.1, -0.05) is 12.1 Å². The van der Waals surface area contributed by atoms with E-state index in [-0.39, 0.29) is 11.6 Å². The van der Waals surface area contributed by atoms with Gasteiger partial charge in [-0.25, -0.2) is 0 Å². The van der Waals surface area contributed by atoms with Crippen LogP contribution < -0.4 is 5.32 Å². The monoisotopic (exact) mass is 256 g/mol. The van der Waals surface area contributed by atoms with Gasteiger partial charge < -0.3 is 5.32 Å². The number of hydrogen-bond donors (Lipinski definition) is 3. The molecule has 94 valence electrons. The normalized spacial score (nSPS) is 10.3. The number of amides is 1. The first-order chi connectivity index (χ1) is 9.33. The number of anilines is 1. The molecule has 9 nitrogen and oxygen atoms in total. The van der Waals surface area contributed by atoms with E-state index >= 15 is 0 Å². The second kappa shape index (κ2) is 4.64. The van der Waals surface area contributed by atoms with Crippen molar-refractivity contribution in [1.82, 2.24) is 36.0 Å². The van der Waals surface area contributed by atoms with Crippen LogP contribution >= 0.6 is 0 Å². The largest absolute Gasteiger partial charge is 0.321 e. The minimum Gasteiger partial charge on any atom is -0.321 e. The first-order valence-electron chi connectivity index (χ1n) is 5.34. The van der Waals surface area contributed by atoms with Gasteiger partial charge in [0.2, 0.25) is 5.82 Å². The number of nitrogens with one attached hydrogen (secondary N) is 3. The van der Waals surface area contributed by atoms with Gasteiger partial charge in [-0.2, -0.15) is 20.6 Å². The molecular weight excluding hydrogens is 248 g/mol. The third kappa shape index (κ3) is 2.29. The standard InChI is InChI=1S/C10H8N8O/c19-10(8-5-11-16-13-8)12-7-3-1-2-6(4-7)9-14-17-18-15-9/h1-5H,(H,12,19)(H,11,13,16)(H,14,15,17,18). The lowest BCUT2D eigenvalue weighted by atomic mass is 10.2. The lowest BCUT2D eigenvalue weighted by Crippen LogP contribution is -2.12. The molecule has 0 spiro atoms. The van der Waals surface area contributed by atoms with Crippen molar-refractivity contribution in [2.75, 3.05) is 5.32 Å². The molecule has 3 N–H and O–H groups in total. The fraction of sp³-hybridized carbons (Fsp3) is 0. The Morgan fingerprint density at radius 2 is 2.16 bits per heavy atom. The van der Waals surface area contributed by atoms with Gasteiger partial charge in [-0.3, -0.25) is 4.79 Å². The lowest BCUT2D eigenvalue weighted by molar-refractivity contribution is 0.102. The van der Waals surface area contributed by atoms with Crippen LogP contribution in [0.3, 0.4) is 0 Å². The van der Waals surface area contributed by atoms with E-state index in [1.165, 1.54) is 6.20 Å². The van der Waals surface area contributed by atoms with Crippen molar-refractivity contribution >= 4 is 11.6 Å². The first kappa shape index (κ1) is 11.0. The zero-order valence-electron chi connectivity index (χ0n) is 9.53. The van der Waals surface area contributed by atoms with Gasteiger partial charge in [-0.15, -0.1) is 10.2 Å². The predicted octanol–water partition coefficient (Wildman–Crippen LogP) is 0.237. The lowest BCUT2D eigenvalue weighted by Gasteiger charge is -2.03. The molecule has 2 heterocycles. The Morgan fingerprint density at radius 3 is 2.89 bits per heavy atom. The Hall–Kier alpha value is -3.10. The topological polar surface area (TPSA) is 125 Å². The molecule has 9 heteroatoms. The average molecular weight is 256 g/mol. The van der Waals surface area contributed by atoms with Crippen LogP contribution in [-0.2, 0) is 0 Å². The molecule has 0 aliphatic rings. The summed E-state index contributed by atoms with van der Waals surface area (Å²) >= 11 is 0. The third-order valence-corrected chi connectivity index (χ3v) is 2.37. The number of nitrogens with zero attached hydrogens (tertiary/aromatic N) is 5. The Labute approximate surface area is 106 Å². The molecule has 0 saturated carbocycles. The van der Waals surface area contributed by atoms with Gasteiger partial charge in [0.25, 0.3) is 5.91 Å². The molecule has 0 fully saturated rings. The first-order valence-corrected chi connectivity index (χ1v) is 5.34. The van der Waals surface area contributed by atoms with E-state index in [0.717, 1.165) is 5.56 Å². The van der Waals surface area contributed by atoms with Crippen molar-refractivity contribution in [2.24, 2.45) is 0 Å². The van der Waals surface area contributed by atoms with E-state index < -0.39 is 0 Å². The van der Waals surface area contributed by atoms with E-state index in [1.54, 1.807) is 18.2 Å². The number of aromatic nitrogens is 7. The van der Waals surface area contributed by atoms with Crippen molar-refractivity contribution in [3.05, 3.63) is 36.2 Å². The number of tetrazole rings is 1. The molecule has 0 atom stereocenters. The second-order valence-electron chi connectivity index (χ2n) is 3.63. The minimum atomic E-state index is -0.348. The quantitative estimate of drug-likeness (QED) is 0.616. The van der Waals surface area contributed by atoms with Crippen molar-refractivity contribution in [3.63, 3.8) is 0 Å². The van der Waals surface area contributed by atoms with E-state index in [9.17, 15) is 4.79 Å². The Balaban J connectivity index is 1.82. The highest BCUT2D eigenvalue weighted by Crippen LogP contribution is 2.18. The molecular formula is C10H8N8O. The molecule has 1 aromatic carbocycles. The van der Waals surface area contributed by atoms with Crippen LogP contribution in [0.1, 0.15) is 10.5 Å². The molecule has 0 radical (unpaired) electrons. The van der Waals surface area contributed by atoms with Gasteiger partial charge >= 0.3 is 0 Å². The maximum Gasteiger partial charge on any atom is 0.277 e. The number of rotatable bonds is 3. The van der Waals surface area contributed by atoms with Crippen LogP contribution in [0, 0.1) is 0 Å². The zero-order valence-corrected chi connectivity index (χ0v) is 9.53. The van der Waals surface area contributed by atoms with E-state index in [0.29, 0.717) is 11.5 Å². The summed E-state index contributed by atoms with van der Waals surface area (Å²) in [5, 5.41) is 25.9. The van der Waals surface area contributed by atoms with Crippen LogP contribution in [0.2, 0.25) is 0 Å². The predicted molar refractivity (Wildman–Crippen MR) is 63.9 cm³/mol. The fourth-order valence-corrected chi connectivity index (χ4v) is 1.53. The van der Waals surface area contributed by atoms with E-state index in [4.69, 9.17) is 0 Å².